The maximum absolute atomic E-state index is 13.3. The number of aromatic nitrogens is 4. The summed E-state index contributed by atoms with van der Waals surface area (Å²) in [6.45, 7) is 3.52. The number of rotatable bonds is 6. The molecule has 3 heterocycles. The highest BCUT2D eigenvalue weighted by Crippen LogP contribution is 2.37. The topological polar surface area (TPSA) is 86.3 Å². The van der Waals surface area contributed by atoms with Crippen LogP contribution in [0.5, 0.6) is 0 Å². The zero-order valence-corrected chi connectivity index (χ0v) is 18.0. The first-order chi connectivity index (χ1) is 14.9. The van der Waals surface area contributed by atoms with Crippen LogP contribution in [0.25, 0.3) is 11.5 Å². The van der Waals surface area contributed by atoms with Crippen LogP contribution in [0.4, 0.5) is 4.39 Å². The average molecular weight is 427 g/mol. The minimum absolute atomic E-state index is 0.104. The molecule has 31 heavy (non-hydrogen) atoms. The molecular formula is C22H26FN5O3. The largest absolute Gasteiger partial charge is 0.385 e. The van der Waals surface area contributed by atoms with E-state index in [0.717, 1.165) is 18.5 Å². The molecule has 164 valence electrons. The lowest BCUT2D eigenvalue weighted by molar-refractivity contribution is 0.0561. The van der Waals surface area contributed by atoms with Crippen LogP contribution < -0.4 is 0 Å². The summed E-state index contributed by atoms with van der Waals surface area (Å²) in [6, 6.07) is 7.73. The number of hydrogen-bond donors (Lipinski definition) is 0. The average Bonchev–Trinajstić information content (AvgIpc) is 3.40. The molecule has 0 spiro atoms. The summed E-state index contributed by atoms with van der Waals surface area (Å²) >= 11 is 0. The fraction of sp³-hybridized carbons (Fsp3) is 0.455. The van der Waals surface area contributed by atoms with E-state index in [1.807, 2.05) is 18.9 Å². The normalized spacial score (nSPS) is 19.0. The number of amides is 1. The molecule has 0 bridgehead atoms. The molecule has 1 aromatic carbocycles. The van der Waals surface area contributed by atoms with E-state index in [1.165, 1.54) is 12.1 Å². The molecule has 4 rings (SSSR count). The van der Waals surface area contributed by atoms with Gasteiger partial charge in [-0.05, 0) is 56.5 Å². The van der Waals surface area contributed by atoms with E-state index in [9.17, 15) is 9.18 Å². The fourth-order valence-corrected chi connectivity index (χ4v) is 4.08. The van der Waals surface area contributed by atoms with Gasteiger partial charge in [0.05, 0.1) is 5.41 Å². The van der Waals surface area contributed by atoms with E-state index in [1.54, 1.807) is 30.0 Å². The third-order valence-electron chi connectivity index (χ3n) is 5.97. The zero-order valence-electron chi connectivity index (χ0n) is 18.0. The maximum atomic E-state index is 13.3. The van der Waals surface area contributed by atoms with Gasteiger partial charge in [-0.3, -0.25) is 9.48 Å². The predicted octanol–water partition coefficient (Wildman–Crippen LogP) is 3.13. The number of hydrogen-bond acceptors (Lipinski definition) is 6. The number of carbonyl (C=O) groups is 1. The number of aryl methyl sites for hydroxylation is 2. The SMILES string of the molecule is COCCC1(c2noc(-c3ccc(F)cc3)n2)CCCN(C(=O)c2cc(C)n(C)n2)C1. The molecule has 8 nitrogen and oxygen atoms in total. The minimum atomic E-state index is -0.491. The van der Waals surface area contributed by atoms with Gasteiger partial charge in [0.2, 0.25) is 0 Å². The third-order valence-corrected chi connectivity index (χ3v) is 5.97. The molecule has 1 aliphatic heterocycles. The van der Waals surface area contributed by atoms with Crippen molar-refractivity contribution in [2.24, 2.45) is 7.05 Å². The number of likely N-dealkylation sites (tertiary alicyclic amines) is 1. The summed E-state index contributed by atoms with van der Waals surface area (Å²) in [5, 5.41) is 8.59. The van der Waals surface area contributed by atoms with E-state index in [2.05, 4.69) is 15.2 Å². The van der Waals surface area contributed by atoms with E-state index in [-0.39, 0.29) is 11.7 Å². The first-order valence-corrected chi connectivity index (χ1v) is 10.3. The van der Waals surface area contributed by atoms with Crippen LogP contribution in [-0.2, 0) is 17.2 Å². The smallest absolute Gasteiger partial charge is 0.274 e. The van der Waals surface area contributed by atoms with E-state index in [0.29, 0.717) is 49.1 Å². The summed E-state index contributed by atoms with van der Waals surface area (Å²) < 4.78 is 25.8. The maximum Gasteiger partial charge on any atom is 0.274 e. The van der Waals surface area contributed by atoms with Crippen molar-refractivity contribution in [2.45, 2.75) is 31.6 Å². The summed E-state index contributed by atoms with van der Waals surface area (Å²) in [5.74, 6) is 0.438. The molecule has 1 atom stereocenters. The summed E-state index contributed by atoms with van der Waals surface area (Å²) in [4.78, 5) is 19.6. The monoisotopic (exact) mass is 427 g/mol. The Bertz CT molecular complexity index is 1040. The van der Waals surface area contributed by atoms with Gasteiger partial charge in [-0.2, -0.15) is 10.1 Å². The first kappa shape index (κ1) is 21.2. The van der Waals surface area contributed by atoms with Crippen LogP contribution in [0.1, 0.15) is 41.3 Å². The van der Waals surface area contributed by atoms with Crippen molar-refractivity contribution in [1.82, 2.24) is 24.8 Å². The van der Waals surface area contributed by atoms with Crippen LogP contribution in [0, 0.1) is 12.7 Å². The zero-order chi connectivity index (χ0) is 22.0. The van der Waals surface area contributed by atoms with Crippen LogP contribution in [0.2, 0.25) is 0 Å². The van der Waals surface area contributed by atoms with Crippen molar-refractivity contribution >= 4 is 5.91 Å². The van der Waals surface area contributed by atoms with Crippen molar-refractivity contribution in [3.63, 3.8) is 0 Å². The van der Waals surface area contributed by atoms with Crippen LogP contribution in [0.15, 0.2) is 34.9 Å². The Morgan fingerprint density at radius 3 is 2.77 bits per heavy atom. The number of halogens is 1. The van der Waals surface area contributed by atoms with E-state index in [4.69, 9.17) is 9.26 Å². The first-order valence-electron chi connectivity index (χ1n) is 10.3. The van der Waals surface area contributed by atoms with Gasteiger partial charge in [-0.15, -0.1) is 0 Å². The molecule has 0 N–H and O–H groups in total. The Morgan fingerprint density at radius 2 is 2.10 bits per heavy atom. The van der Waals surface area contributed by atoms with E-state index >= 15 is 0 Å². The molecule has 0 aliphatic carbocycles. The predicted molar refractivity (Wildman–Crippen MR) is 111 cm³/mol. The van der Waals surface area contributed by atoms with Gasteiger partial charge in [-0.1, -0.05) is 5.16 Å². The molecule has 1 amide bonds. The molecular weight excluding hydrogens is 401 g/mol. The highest BCUT2D eigenvalue weighted by atomic mass is 19.1. The highest BCUT2D eigenvalue weighted by molar-refractivity contribution is 5.92. The lowest BCUT2D eigenvalue weighted by Gasteiger charge is -2.40. The van der Waals surface area contributed by atoms with Crippen LogP contribution >= 0.6 is 0 Å². The highest BCUT2D eigenvalue weighted by Gasteiger charge is 2.42. The van der Waals surface area contributed by atoms with Gasteiger partial charge < -0.3 is 14.2 Å². The quantitative estimate of drug-likeness (QED) is 0.601. The summed E-state index contributed by atoms with van der Waals surface area (Å²) in [7, 11) is 3.47. The Balaban J connectivity index is 1.62. The van der Waals surface area contributed by atoms with Gasteiger partial charge in [0.25, 0.3) is 11.8 Å². The second kappa shape index (κ2) is 8.58. The Hall–Kier alpha value is -3.07. The van der Waals surface area contributed by atoms with Gasteiger partial charge in [-0.25, -0.2) is 4.39 Å². The fourth-order valence-electron chi connectivity index (χ4n) is 4.08. The second-order valence-corrected chi connectivity index (χ2v) is 8.08. The molecule has 2 aromatic heterocycles. The number of methoxy groups -OCH3 is 1. The molecule has 0 saturated carbocycles. The van der Waals surface area contributed by atoms with Gasteiger partial charge in [0.15, 0.2) is 11.5 Å². The molecule has 3 aromatic rings. The van der Waals surface area contributed by atoms with Crippen LogP contribution in [-0.4, -0.2) is 57.5 Å². The van der Waals surface area contributed by atoms with Crippen molar-refractivity contribution in [1.29, 1.82) is 0 Å². The Kier molecular flexibility index (Phi) is 5.86. The summed E-state index contributed by atoms with van der Waals surface area (Å²) in [5.41, 5.74) is 1.51. The minimum Gasteiger partial charge on any atom is -0.385 e. The number of piperidine rings is 1. The van der Waals surface area contributed by atoms with Crippen molar-refractivity contribution < 1.29 is 18.4 Å². The van der Waals surface area contributed by atoms with Crippen molar-refractivity contribution in [3.8, 4) is 11.5 Å². The van der Waals surface area contributed by atoms with Crippen molar-refractivity contribution in [2.75, 3.05) is 26.8 Å². The Morgan fingerprint density at radius 1 is 1.32 bits per heavy atom. The summed E-state index contributed by atoms with van der Waals surface area (Å²) in [6.07, 6.45) is 2.27. The van der Waals surface area contributed by atoms with Gasteiger partial charge >= 0.3 is 0 Å². The van der Waals surface area contributed by atoms with Gasteiger partial charge in [0.1, 0.15) is 5.82 Å². The molecule has 1 aliphatic rings. The third kappa shape index (κ3) is 4.23. The lowest BCUT2D eigenvalue weighted by Crippen LogP contribution is -2.49. The Labute approximate surface area is 180 Å². The number of nitrogens with zero attached hydrogens (tertiary/aromatic N) is 5. The van der Waals surface area contributed by atoms with Crippen LogP contribution in [0.3, 0.4) is 0 Å². The molecule has 1 unspecified atom stereocenters. The standard InChI is InChI=1S/C22H26FN5O3/c1-15-13-18(25-27(15)2)20(29)28-11-4-9-22(14-28,10-12-30-3)21-24-19(31-26-21)16-5-7-17(23)8-6-16/h5-8,13H,4,9-12,14H2,1-3H3. The second-order valence-electron chi connectivity index (χ2n) is 8.08. The van der Waals surface area contributed by atoms with Crippen molar-refractivity contribution in [3.05, 3.63) is 53.4 Å². The molecule has 1 fully saturated rings. The van der Waals surface area contributed by atoms with E-state index < -0.39 is 5.41 Å². The number of carbonyl (C=O) groups excluding carboxylic acids is 1. The number of benzene rings is 1. The lowest BCUT2D eigenvalue weighted by atomic mass is 9.76. The van der Waals surface area contributed by atoms with Gasteiger partial charge in [0, 0.05) is 45.1 Å². The molecule has 9 heteroatoms. The number of ether oxygens (including phenoxy) is 1. The molecule has 1 saturated heterocycles. The molecule has 0 radical (unpaired) electrons.